The molecule has 0 unspecified atom stereocenters. The molecular weight excluding hydrogens is 614 g/mol. The van der Waals surface area contributed by atoms with Crippen molar-refractivity contribution in [2.24, 2.45) is 0 Å². The molecule has 3 saturated heterocycles. The van der Waals surface area contributed by atoms with Gasteiger partial charge in [0.15, 0.2) is 11.9 Å². The smallest absolute Gasteiger partial charge is 0.254 e. The number of benzene rings is 1. The van der Waals surface area contributed by atoms with Crippen LogP contribution in [-0.2, 0) is 9.53 Å². The van der Waals surface area contributed by atoms with Crippen LogP contribution in [0.3, 0.4) is 0 Å². The Bertz CT molecular complexity index is 1620. The number of carbonyl (C=O) groups is 1. The van der Waals surface area contributed by atoms with Crippen molar-refractivity contribution in [1.82, 2.24) is 24.8 Å². The SMILES string of the molecule is COc1nc(Nc2ncc(F)c(-c3ccc(OC4CCN(C(=O)[C@H](O)CF)CC4)c(C#N)c3)n2)ccc1N1CCN(C2COC2)CC1. The van der Waals surface area contributed by atoms with E-state index in [4.69, 9.17) is 14.2 Å². The van der Waals surface area contributed by atoms with E-state index >= 15 is 0 Å². The zero-order valence-electron chi connectivity index (χ0n) is 25.9. The largest absolute Gasteiger partial charge is 0.489 e. The number of nitrogens with zero attached hydrogens (tertiary/aromatic N) is 7. The third-order valence-electron chi connectivity index (χ3n) is 8.66. The zero-order chi connectivity index (χ0) is 32.9. The number of halogens is 2. The molecule has 1 amide bonds. The average Bonchev–Trinajstić information content (AvgIpc) is 3.08. The molecule has 3 aromatic rings. The fourth-order valence-electron chi connectivity index (χ4n) is 5.92. The first-order valence-corrected chi connectivity index (χ1v) is 15.5. The maximum Gasteiger partial charge on any atom is 0.254 e. The fourth-order valence-corrected chi connectivity index (χ4v) is 5.92. The summed E-state index contributed by atoms with van der Waals surface area (Å²) >= 11 is 0. The summed E-state index contributed by atoms with van der Waals surface area (Å²) in [6, 6.07) is 11.0. The Morgan fingerprint density at radius 3 is 2.57 bits per heavy atom. The summed E-state index contributed by atoms with van der Waals surface area (Å²) in [4.78, 5) is 31.2. The summed E-state index contributed by atoms with van der Waals surface area (Å²) in [6.45, 7) is 4.58. The number of piperidine rings is 1. The molecule has 0 radical (unpaired) electrons. The molecule has 2 N–H and O–H groups in total. The van der Waals surface area contributed by atoms with Crippen molar-refractivity contribution in [2.75, 3.05) is 76.5 Å². The van der Waals surface area contributed by atoms with Crippen LogP contribution in [-0.4, -0.2) is 120 Å². The van der Waals surface area contributed by atoms with Crippen LogP contribution in [0.1, 0.15) is 18.4 Å². The lowest BCUT2D eigenvalue weighted by Gasteiger charge is -2.43. The van der Waals surface area contributed by atoms with Gasteiger partial charge in [0, 0.05) is 57.7 Å². The molecular formula is C32H36F2N8O5. The molecule has 15 heteroatoms. The summed E-state index contributed by atoms with van der Waals surface area (Å²) in [6.07, 6.45) is -0.0192. The molecule has 1 atom stereocenters. The predicted octanol–water partition coefficient (Wildman–Crippen LogP) is 2.52. The zero-order valence-corrected chi connectivity index (χ0v) is 25.9. The van der Waals surface area contributed by atoms with Gasteiger partial charge in [0.1, 0.15) is 41.8 Å². The van der Waals surface area contributed by atoms with Crippen molar-refractivity contribution >= 4 is 23.4 Å². The second-order valence-electron chi connectivity index (χ2n) is 11.6. The number of hydrogen-bond donors (Lipinski definition) is 2. The van der Waals surface area contributed by atoms with E-state index in [1.165, 1.54) is 11.0 Å². The van der Waals surface area contributed by atoms with Gasteiger partial charge in [-0.2, -0.15) is 10.2 Å². The lowest BCUT2D eigenvalue weighted by Crippen LogP contribution is -2.56. The van der Waals surface area contributed by atoms with Gasteiger partial charge in [-0.15, -0.1) is 0 Å². The van der Waals surface area contributed by atoms with Gasteiger partial charge in [0.2, 0.25) is 11.8 Å². The summed E-state index contributed by atoms with van der Waals surface area (Å²) in [5, 5.41) is 22.4. The molecule has 0 spiro atoms. The Hall–Kier alpha value is -4.65. The number of amides is 1. The summed E-state index contributed by atoms with van der Waals surface area (Å²) in [5.41, 5.74) is 1.41. The van der Waals surface area contributed by atoms with Crippen molar-refractivity contribution in [1.29, 1.82) is 5.26 Å². The molecule has 5 heterocycles. The van der Waals surface area contributed by atoms with Crippen molar-refractivity contribution in [2.45, 2.75) is 31.1 Å². The highest BCUT2D eigenvalue weighted by Gasteiger charge is 2.30. The van der Waals surface area contributed by atoms with Gasteiger partial charge in [-0.25, -0.2) is 18.7 Å². The lowest BCUT2D eigenvalue weighted by atomic mass is 10.1. The fraction of sp³-hybridized carbons (Fsp3) is 0.469. The van der Waals surface area contributed by atoms with E-state index in [1.54, 1.807) is 25.3 Å². The number of aromatic nitrogens is 3. The molecule has 0 aliphatic carbocycles. The van der Waals surface area contributed by atoms with E-state index in [0.717, 1.165) is 51.3 Å². The van der Waals surface area contributed by atoms with E-state index in [0.29, 0.717) is 55.0 Å². The van der Waals surface area contributed by atoms with Gasteiger partial charge in [-0.05, 0) is 30.3 Å². The number of methoxy groups -OCH3 is 1. The Kier molecular flexibility index (Phi) is 9.90. The van der Waals surface area contributed by atoms with Gasteiger partial charge in [-0.1, -0.05) is 0 Å². The van der Waals surface area contributed by atoms with Gasteiger partial charge >= 0.3 is 0 Å². The van der Waals surface area contributed by atoms with Crippen LogP contribution in [0.5, 0.6) is 11.6 Å². The number of alkyl halides is 1. The maximum atomic E-state index is 15.0. The summed E-state index contributed by atoms with van der Waals surface area (Å²) in [7, 11) is 1.56. The molecule has 13 nitrogen and oxygen atoms in total. The average molecular weight is 651 g/mol. The highest BCUT2D eigenvalue weighted by Crippen LogP contribution is 2.32. The molecule has 3 aliphatic heterocycles. The predicted molar refractivity (Wildman–Crippen MR) is 167 cm³/mol. The Labute approximate surface area is 270 Å². The highest BCUT2D eigenvalue weighted by molar-refractivity contribution is 5.80. The first-order chi connectivity index (χ1) is 22.9. The number of hydrogen-bond acceptors (Lipinski definition) is 12. The number of rotatable bonds is 10. The monoisotopic (exact) mass is 650 g/mol. The molecule has 0 saturated carbocycles. The molecule has 6 rings (SSSR count). The van der Waals surface area contributed by atoms with Crippen LogP contribution in [0.25, 0.3) is 11.3 Å². The number of piperazine rings is 1. The Morgan fingerprint density at radius 2 is 1.91 bits per heavy atom. The number of aliphatic hydroxyl groups is 1. The van der Waals surface area contributed by atoms with E-state index in [9.17, 15) is 23.9 Å². The number of anilines is 3. The topological polar surface area (TPSA) is 149 Å². The normalized spacial score (nSPS) is 18.3. The second-order valence-corrected chi connectivity index (χ2v) is 11.6. The number of likely N-dealkylation sites (tertiary alicyclic amines) is 1. The Balaban J connectivity index is 1.11. The van der Waals surface area contributed by atoms with E-state index in [1.807, 2.05) is 6.07 Å². The van der Waals surface area contributed by atoms with Crippen molar-refractivity contribution in [3.05, 3.63) is 47.9 Å². The van der Waals surface area contributed by atoms with Gasteiger partial charge in [0.25, 0.3) is 5.91 Å². The second kappa shape index (κ2) is 14.4. The number of ether oxygens (including phenoxy) is 3. The minimum absolute atomic E-state index is 0.0119. The van der Waals surface area contributed by atoms with Crippen LogP contribution in [0, 0.1) is 17.1 Å². The van der Waals surface area contributed by atoms with E-state index in [2.05, 4.69) is 36.1 Å². The summed E-state index contributed by atoms with van der Waals surface area (Å²) in [5.74, 6) is -0.0340. The molecule has 0 bridgehead atoms. The minimum Gasteiger partial charge on any atom is -0.489 e. The first kappa shape index (κ1) is 32.3. The van der Waals surface area contributed by atoms with Crippen LogP contribution in [0.2, 0.25) is 0 Å². The highest BCUT2D eigenvalue weighted by atomic mass is 19.1. The van der Waals surface area contributed by atoms with Crippen molar-refractivity contribution in [3.63, 3.8) is 0 Å². The number of pyridine rings is 1. The third kappa shape index (κ3) is 7.19. The van der Waals surface area contributed by atoms with Crippen LogP contribution < -0.4 is 19.7 Å². The van der Waals surface area contributed by atoms with Crippen molar-refractivity contribution < 1.29 is 32.9 Å². The molecule has 3 aliphatic rings. The van der Waals surface area contributed by atoms with Gasteiger partial charge in [0.05, 0.1) is 38.1 Å². The summed E-state index contributed by atoms with van der Waals surface area (Å²) < 4.78 is 44.6. The number of carbonyl (C=O) groups excluding carboxylic acids is 1. The molecule has 47 heavy (non-hydrogen) atoms. The van der Waals surface area contributed by atoms with Crippen molar-refractivity contribution in [3.8, 4) is 29.0 Å². The number of nitriles is 1. The quantitative estimate of drug-likeness (QED) is 0.332. The first-order valence-electron chi connectivity index (χ1n) is 15.5. The molecule has 1 aromatic carbocycles. The molecule has 2 aromatic heterocycles. The van der Waals surface area contributed by atoms with E-state index < -0.39 is 24.5 Å². The van der Waals surface area contributed by atoms with Crippen LogP contribution in [0.4, 0.5) is 26.2 Å². The standard InChI is InChI=1S/C32H36F2N8O5/c1-45-30-25(41-12-10-40(11-13-41)22-18-46-19-22)3-5-28(37-30)38-32-36-17-24(34)29(39-32)20-2-4-27(21(14-20)16-35)47-23-6-8-42(9-7-23)31(44)26(43)15-33/h2-5,14,17,22-23,26,43H,6-13,15,18-19H2,1H3,(H,36,37,38,39)/t26-/m1/s1. The van der Waals surface area contributed by atoms with Crippen LogP contribution >= 0.6 is 0 Å². The molecule has 248 valence electrons. The number of nitrogens with one attached hydrogen (secondary N) is 1. The number of aliphatic hydroxyl groups excluding tert-OH is 1. The third-order valence-corrected chi connectivity index (χ3v) is 8.66. The Morgan fingerprint density at radius 1 is 1.15 bits per heavy atom. The van der Waals surface area contributed by atoms with Gasteiger partial charge in [-0.3, -0.25) is 9.69 Å². The minimum atomic E-state index is -1.66. The maximum absolute atomic E-state index is 15.0. The van der Waals surface area contributed by atoms with E-state index in [-0.39, 0.29) is 23.3 Å². The molecule has 3 fully saturated rings. The lowest BCUT2D eigenvalue weighted by molar-refractivity contribution is -0.142. The van der Waals surface area contributed by atoms with Gasteiger partial charge < -0.3 is 34.4 Å². The van der Waals surface area contributed by atoms with Crippen LogP contribution in [0.15, 0.2) is 36.5 Å².